The van der Waals surface area contributed by atoms with Crippen LogP contribution >= 0.6 is 0 Å². The van der Waals surface area contributed by atoms with Crippen LogP contribution in [0.25, 0.3) is 0 Å². The number of nitrogens with one attached hydrogen (secondary N) is 1. The number of aliphatic hydroxyl groups excluding tert-OH is 1. The van der Waals surface area contributed by atoms with Gasteiger partial charge in [-0.25, -0.2) is 0 Å². The Labute approximate surface area is 84.2 Å². The molecule has 80 valence electrons. The Morgan fingerprint density at radius 2 is 2.43 bits per heavy atom. The summed E-state index contributed by atoms with van der Waals surface area (Å²) in [5, 5.41) is 19.9. The lowest BCUT2D eigenvalue weighted by Crippen LogP contribution is -2.24. The Morgan fingerprint density at radius 3 is 3.07 bits per heavy atom. The SMILES string of the molecule is CCn1cnnc1CNCC(C)CO. The van der Waals surface area contributed by atoms with Gasteiger partial charge in [0, 0.05) is 19.7 Å². The second-order valence-electron chi connectivity index (χ2n) is 3.45. The molecular formula is C9H18N4O. The summed E-state index contributed by atoms with van der Waals surface area (Å²) in [5.74, 6) is 1.23. The van der Waals surface area contributed by atoms with Crippen LogP contribution in [-0.4, -0.2) is 33.0 Å². The van der Waals surface area contributed by atoms with E-state index in [1.54, 1.807) is 6.33 Å². The zero-order valence-electron chi connectivity index (χ0n) is 8.77. The molecule has 1 unspecified atom stereocenters. The molecular weight excluding hydrogens is 180 g/mol. The number of hydrogen-bond donors (Lipinski definition) is 2. The third-order valence-electron chi connectivity index (χ3n) is 2.12. The molecule has 0 spiro atoms. The monoisotopic (exact) mass is 198 g/mol. The minimum Gasteiger partial charge on any atom is -0.396 e. The van der Waals surface area contributed by atoms with Crippen molar-refractivity contribution in [1.82, 2.24) is 20.1 Å². The van der Waals surface area contributed by atoms with E-state index in [1.165, 1.54) is 0 Å². The third kappa shape index (κ3) is 3.08. The first-order valence-electron chi connectivity index (χ1n) is 4.96. The molecule has 1 aromatic rings. The number of nitrogens with zero attached hydrogens (tertiary/aromatic N) is 3. The number of hydrogen-bond acceptors (Lipinski definition) is 4. The van der Waals surface area contributed by atoms with Crippen molar-refractivity contribution in [2.75, 3.05) is 13.2 Å². The third-order valence-corrected chi connectivity index (χ3v) is 2.12. The van der Waals surface area contributed by atoms with Crippen LogP contribution < -0.4 is 5.32 Å². The quantitative estimate of drug-likeness (QED) is 0.676. The van der Waals surface area contributed by atoms with Crippen molar-refractivity contribution >= 4 is 0 Å². The molecule has 0 bridgehead atoms. The highest BCUT2D eigenvalue weighted by Gasteiger charge is 2.03. The minimum atomic E-state index is 0.216. The predicted octanol–water partition coefficient (Wildman–Crippen LogP) is 0.0160. The van der Waals surface area contributed by atoms with E-state index in [-0.39, 0.29) is 12.5 Å². The van der Waals surface area contributed by atoms with Crippen LogP contribution in [0.3, 0.4) is 0 Å². The van der Waals surface area contributed by atoms with Crippen LogP contribution in [0.2, 0.25) is 0 Å². The van der Waals surface area contributed by atoms with E-state index in [0.717, 1.165) is 18.9 Å². The molecule has 0 saturated carbocycles. The molecule has 0 saturated heterocycles. The van der Waals surface area contributed by atoms with E-state index in [9.17, 15) is 0 Å². The number of aryl methyl sites for hydroxylation is 1. The van der Waals surface area contributed by atoms with Crippen LogP contribution in [0.15, 0.2) is 6.33 Å². The average molecular weight is 198 g/mol. The van der Waals surface area contributed by atoms with Gasteiger partial charge in [-0.05, 0) is 12.8 Å². The van der Waals surface area contributed by atoms with Gasteiger partial charge in [-0.2, -0.15) is 0 Å². The fourth-order valence-electron chi connectivity index (χ4n) is 1.17. The second kappa shape index (κ2) is 5.72. The van der Waals surface area contributed by atoms with E-state index >= 15 is 0 Å². The lowest BCUT2D eigenvalue weighted by Gasteiger charge is -2.09. The van der Waals surface area contributed by atoms with E-state index in [2.05, 4.69) is 22.4 Å². The lowest BCUT2D eigenvalue weighted by atomic mass is 10.2. The van der Waals surface area contributed by atoms with E-state index in [4.69, 9.17) is 5.11 Å². The maximum atomic E-state index is 8.82. The van der Waals surface area contributed by atoms with Crippen molar-refractivity contribution < 1.29 is 5.11 Å². The first-order chi connectivity index (χ1) is 6.77. The van der Waals surface area contributed by atoms with Gasteiger partial charge in [0.2, 0.25) is 0 Å². The molecule has 14 heavy (non-hydrogen) atoms. The van der Waals surface area contributed by atoms with Crippen molar-refractivity contribution in [3.05, 3.63) is 12.2 Å². The molecule has 1 atom stereocenters. The van der Waals surface area contributed by atoms with Gasteiger partial charge in [0.25, 0.3) is 0 Å². The number of aliphatic hydroxyl groups is 1. The Balaban J connectivity index is 2.31. The molecule has 0 aliphatic rings. The second-order valence-corrected chi connectivity index (χ2v) is 3.45. The number of aromatic nitrogens is 3. The Morgan fingerprint density at radius 1 is 1.64 bits per heavy atom. The molecule has 0 fully saturated rings. The van der Waals surface area contributed by atoms with Gasteiger partial charge < -0.3 is 15.0 Å². The fraction of sp³-hybridized carbons (Fsp3) is 0.778. The molecule has 0 aliphatic carbocycles. The molecule has 1 aromatic heterocycles. The Bertz CT molecular complexity index is 261. The zero-order valence-corrected chi connectivity index (χ0v) is 8.77. The first-order valence-corrected chi connectivity index (χ1v) is 4.96. The molecule has 0 radical (unpaired) electrons. The van der Waals surface area contributed by atoms with Gasteiger partial charge in [0.1, 0.15) is 12.2 Å². The summed E-state index contributed by atoms with van der Waals surface area (Å²) in [6.45, 7) is 6.67. The van der Waals surface area contributed by atoms with Crippen LogP contribution in [0.1, 0.15) is 19.7 Å². The predicted molar refractivity (Wildman–Crippen MR) is 53.7 cm³/mol. The summed E-state index contributed by atoms with van der Waals surface area (Å²) in [6, 6.07) is 0. The average Bonchev–Trinajstić information content (AvgIpc) is 2.65. The summed E-state index contributed by atoms with van der Waals surface area (Å²) >= 11 is 0. The van der Waals surface area contributed by atoms with E-state index < -0.39 is 0 Å². The maximum absolute atomic E-state index is 8.82. The molecule has 0 amide bonds. The van der Waals surface area contributed by atoms with Crippen molar-refractivity contribution in [2.45, 2.75) is 26.9 Å². The van der Waals surface area contributed by atoms with E-state index in [0.29, 0.717) is 6.54 Å². The zero-order chi connectivity index (χ0) is 10.4. The smallest absolute Gasteiger partial charge is 0.146 e. The summed E-state index contributed by atoms with van der Waals surface area (Å²) in [7, 11) is 0. The van der Waals surface area contributed by atoms with Gasteiger partial charge in [0.15, 0.2) is 0 Å². The largest absolute Gasteiger partial charge is 0.396 e. The highest BCUT2D eigenvalue weighted by molar-refractivity contribution is 4.84. The molecule has 5 heteroatoms. The van der Waals surface area contributed by atoms with Crippen LogP contribution in [0, 0.1) is 5.92 Å². The van der Waals surface area contributed by atoms with Gasteiger partial charge in [-0.15, -0.1) is 10.2 Å². The van der Waals surface area contributed by atoms with Crippen molar-refractivity contribution in [3.8, 4) is 0 Å². The van der Waals surface area contributed by atoms with Gasteiger partial charge in [-0.3, -0.25) is 0 Å². The van der Waals surface area contributed by atoms with Gasteiger partial charge in [0.05, 0.1) is 6.54 Å². The first kappa shape index (κ1) is 11.1. The summed E-state index contributed by atoms with van der Waals surface area (Å²) in [4.78, 5) is 0. The normalized spacial score (nSPS) is 13.1. The molecule has 2 N–H and O–H groups in total. The van der Waals surface area contributed by atoms with Crippen LogP contribution in [-0.2, 0) is 13.1 Å². The summed E-state index contributed by atoms with van der Waals surface area (Å²) < 4.78 is 2.00. The molecule has 1 rings (SSSR count). The maximum Gasteiger partial charge on any atom is 0.146 e. The summed E-state index contributed by atoms with van der Waals surface area (Å²) in [6.07, 6.45) is 1.73. The number of rotatable bonds is 6. The highest BCUT2D eigenvalue weighted by Crippen LogP contribution is 1.95. The van der Waals surface area contributed by atoms with Crippen molar-refractivity contribution in [3.63, 3.8) is 0 Å². The standard InChI is InChI=1S/C9H18N4O/c1-3-13-7-11-12-9(13)5-10-4-8(2)6-14/h7-8,10,14H,3-6H2,1-2H3. The lowest BCUT2D eigenvalue weighted by molar-refractivity contribution is 0.233. The molecule has 1 heterocycles. The minimum absolute atomic E-state index is 0.216. The summed E-state index contributed by atoms with van der Waals surface area (Å²) in [5.41, 5.74) is 0. The van der Waals surface area contributed by atoms with Crippen LogP contribution in [0.4, 0.5) is 0 Å². The van der Waals surface area contributed by atoms with Gasteiger partial charge in [-0.1, -0.05) is 6.92 Å². The molecule has 0 aromatic carbocycles. The van der Waals surface area contributed by atoms with Crippen molar-refractivity contribution in [1.29, 1.82) is 0 Å². The Kier molecular flexibility index (Phi) is 4.55. The topological polar surface area (TPSA) is 63.0 Å². The molecule has 0 aliphatic heterocycles. The van der Waals surface area contributed by atoms with Gasteiger partial charge >= 0.3 is 0 Å². The van der Waals surface area contributed by atoms with Crippen LogP contribution in [0.5, 0.6) is 0 Å². The Hall–Kier alpha value is -0.940. The van der Waals surface area contributed by atoms with Crippen molar-refractivity contribution in [2.24, 2.45) is 5.92 Å². The molecule has 5 nitrogen and oxygen atoms in total. The highest BCUT2D eigenvalue weighted by atomic mass is 16.3. The van der Waals surface area contributed by atoms with E-state index in [1.807, 2.05) is 11.5 Å². The fourth-order valence-corrected chi connectivity index (χ4v) is 1.17.